The van der Waals surface area contributed by atoms with Gasteiger partial charge in [-0.3, -0.25) is 0 Å². The maximum absolute atomic E-state index is 5.00. The Kier molecular flexibility index (Phi) is 3.20. The highest BCUT2D eigenvalue weighted by Gasteiger charge is 2.49. The van der Waals surface area contributed by atoms with E-state index in [9.17, 15) is 0 Å². The molecular weight excluding hydrogens is 207 g/mol. The molecule has 2 unspecified atom stereocenters. The molecule has 0 bridgehead atoms. The normalized spacial score (nSPS) is 49.3. The van der Waals surface area contributed by atoms with Gasteiger partial charge in [-0.1, -0.05) is 35.1 Å². The largest absolute Gasteiger partial charge is 0.172 e. The first-order valence-electron chi connectivity index (χ1n) is 6.08. The van der Waals surface area contributed by atoms with Gasteiger partial charge in [-0.25, -0.2) is 0 Å². The maximum Gasteiger partial charge on any atom is 0.0194 e. The third-order valence-electron chi connectivity index (χ3n) is 4.38. The summed E-state index contributed by atoms with van der Waals surface area (Å²) in [6.45, 7) is 7.26. The van der Waals surface area contributed by atoms with Crippen molar-refractivity contribution in [1.29, 1.82) is 0 Å². The van der Waals surface area contributed by atoms with Crippen LogP contribution in [0, 0.1) is 0 Å². The van der Waals surface area contributed by atoms with E-state index in [0.717, 1.165) is 17.0 Å². The molecule has 0 nitrogen and oxygen atoms in total. The quantitative estimate of drug-likeness (QED) is 0.531. The van der Waals surface area contributed by atoms with Gasteiger partial charge in [-0.2, -0.15) is 12.6 Å². The molecule has 1 saturated carbocycles. The number of hydrogen-bond donors (Lipinski definition) is 1. The van der Waals surface area contributed by atoms with E-state index in [4.69, 9.17) is 12.6 Å². The monoisotopic (exact) mass is 230 g/mol. The first kappa shape index (κ1) is 11.3. The molecule has 0 N–H and O–H groups in total. The molecule has 14 heavy (non-hydrogen) atoms. The van der Waals surface area contributed by atoms with Crippen molar-refractivity contribution >= 4 is 20.6 Å². The number of thiol groups is 1. The van der Waals surface area contributed by atoms with E-state index in [0.29, 0.717) is 12.7 Å². The van der Waals surface area contributed by atoms with Gasteiger partial charge >= 0.3 is 0 Å². The van der Waals surface area contributed by atoms with Crippen molar-refractivity contribution in [2.45, 2.75) is 74.6 Å². The third-order valence-corrected chi connectivity index (χ3v) is 9.36. The highest BCUT2D eigenvalue weighted by molar-refractivity contribution is 7.82. The third kappa shape index (κ3) is 1.65. The van der Waals surface area contributed by atoms with Crippen molar-refractivity contribution in [3.8, 4) is 0 Å². The van der Waals surface area contributed by atoms with E-state index in [2.05, 4.69) is 20.8 Å². The Balaban J connectivity index is 2.09. The van der Waals surface area contributed by atoms with Crippen molar-refractivity contribution < 1.29 is 0 Å². The van der Waals surface area contributed by atoms with Crippen LogP contribution >= 0.6 is 20.6 Å². The molecule has 4 atom stereocenters. The van der Waals surface area contributed by atoms with Crippen LogP contribution in [0.4, 0.5) is 0 Å². The summed E-state index contributed by atoms with van der Waals surface area (Å²) in [5.41, 5.74) is 3.03. The first-order valence-corrected chi connectivity index (χ1v) is 8.08. The van der Waals surface area contributed by atoms with Gasteiger partial charge in [-0.15, -0.1) is 0 Å². The Morgan fingerprint density at radius 2 is 2.00 bits per heavy atom. The van der Waals surface area contributed by atoms with Crippen molar-refractivity contribution in [3.63, 3.8) is 0 Å². The van der Waals surface area contributed by atoms with Crippen molar-refractivity contribution in [3.05, 3.63) is 0 Å². The minimum Gasteiger partial charge on any atom is -0.172 e. The Morgan fingerprint density at radius 3 is 2.50 bits per heavy atom. The van der Waals surface area contributed by atoms with Crippen LogP contribution in [-0.4, -0.2) is 21.7 Å². The van der Waals surface area contributed by atoms with E-state index >= 15 is 0 Å². The van der Waals surface area contributed by atoms with Crippen molar-refractivity contribution in [1.82, 2.24) is 0 Å². The van der Waals surface area contributed by atoms with Crippen LogP contribution in [-0.2, 0) is 0 Å². The van der Waals surface area contributed by atoms with Crippen LogP contribution in [0.1, 0.15) is 52.9 Å². The topological polar surface area (TPSA) is 0 Å². The van der Waals surface area contributed by atoms with Gasteiger partial charge in [0.1, 0.15) is 0 Å². The average molecular weight is 230 g/mol. The van der Waals surface area contributed by atoms with Crippen LogP contribution < -0.4 is 0 Å². The molecule has 0 aromatic heterocycles. The van der Waals surface area contributed by atoms with E-state index in [1.807, 2.05) is 0 Å². The van der Waals surface area contributed by atoms with Crippen molar-refractivity contribution in [2.24, 2.45) is 0 Å². The van der Waals surface area contributed by atoms with Crippen LogP contribution in [0.2, 0.25) is 0 Å². The zero-order valence-electron chi connectivity index (χ0n) is 9.66. The molecule has 0 radical (unpaired) electrons. The standard InChI is InChI=1S/C12H23PS/c1-4-12(14)7-5-6-11(12)13-9(2)8-10(13)3/h9-11,14H,4-8H2,1-3H3/t9-,10-,11?,12?/m0/s1. The van der Waals surface area contributed by atoms with E-state index in [-0.39, 0.29) is 0 Å². The van der Waals surface area contributed by atoms with Gasteiger partial charge in [-0.05, 0) is 42.7 Å². The van der Waals surface area contributed by atoms with E-state index in [1.54, 1.807) is 0 Å². The minimum atomic E-state index is 0.309. The highest BCUT2D eigenvalue weighted by atomic mass is 32.1. The molecule has 0 aromatic rings. The molecular formula is C12H23PS. The van der Waals surface area contributed by atoms with Crippen LogP contribution in [0.25, 0.3) is 0 Å². The van der Waals surface area contributed by atoms with Crippen molar-refractivity contribution in [2.75, 3.05) is 0 Å². The molecule has 1 aliphatic heterocycles. The summed E-state index contributed by atoms with van der Waals surface area (Å²) in [5, 5.41) is 0. The lowest BCUT2D eigenvalue weighted by Crippen LogP contribution is -2.39. The fourth-order valence-corrected chi connectivity index (χ4v) is 8.38. The Hall–Kier alpha value is 0.780. The Bertz CT molecular complexity index is 210. The molecule has 82 valence electrons. The van der Waals surface area contributed by atoms with E-state index in [1.165, 1.54) is 32.1 Å². The number of rotatable bonds is 2. The number of hydrogen-bond acceptors (Lipinski definition) is 1. The summed E-state index contributed by atoms with van der Waals surface area (Å²) in [4.78, 5) is 0. The minimum absolute atomic E-state index is 0.309. The van der Waals surface area contributed by atoms with Gasteiger partial charge < -0.3 is 0 Å². The Morgan fingerprint density at radius 1 is 1.36 bits per heavy atom. The second-order valence-electron chi connectivity index (χ2n) is 5.25. The molecule has 1 aliphatic carbocycles. The van der Waals surface area contributed by atoms with Gasteiger partial charge in [0.25, 0.3) is 0 Å². The second-order valence-corrected chi connectivity index (χ2v) is 9.42. The Labute approximate surface area is 95.4 Å². The zero-order chi connectivity index (χ0) is 10.3. The summed E-state index contributed by atoms with van der Waals surface area (Å²) >= 11 is 5.00. The lowest BCUT2D eigenvalue weighted by molar-refractivity contribution is 0.575. The molecule has 0 spiro atoms. The van der Waals surface area contributed by atoms with Gasteiger partial charge in [0, 0.05) is 4.75 Å². The molecule has 2 heteroatoms. The summed E-state index contributed by atoms with van der Waals surface area (Å²) in [7, 11) is 0.309. The van der Waals surface area contributed by atoms with Gasteiger partial charge in [0.05, 0.1) is 0 Å². The molecule has 2 fully saturated rings. The second kappa shape index (κ2) is 3.98. The first-order chi connectivity index (χ1) is 6.58. The lowest BCUT2D eigenvalue weighted by atomic mass is 10.0. The van der Waals surface area contributed by atoms with Crippen LogP contribution in [0.15, 0.2) is 0 Å². The molecule has 2 aliphatic rings. The van der Waals surface area contributed by atoms with Crippen LogP contribution in [0.5, 0.6) is 0 Å². The summed E-state index contributed by atoms with van der Waals surface area (Å²) in [6.07, 6.45) is 7.03. The molecule has 0 aromatic carbocycles. The summed E-state index contributed by atoms with van der Waals surface area (Å²) in [6, 6.07) is 0. The zero-order valence-corrected chi connectivity index (χ0v) is 11.5. The molecule has 2 rings (SSSR count). The molecule has 0 amide bonds. The summed E-state index contributed by atoms with van der Waals surface area (Å²) < 4.78 is 0.411. The van der Waals surface area contributed by atoms with Gasteiger partial charge in [0.2, 0.25) is 0 Å². The predicted molar refractivity (Wildman–Crippen MR) is 70.1 cm³/mol. The summed E-state index contributed by atoms with van der Waals surface area (Å²) in [5.74, 6) is 0. The smallest absolute Gasteiger partial charge is 0.0194 e. The van der Waals surface area contributed by atoms with Crippen LogP contribution in [0.3, 0.4) is 0 Å². The lowest BCUT2D eigenvalue weighted by Gasteiger charge is -2.50. The molecule has 1 saturated heterocycles. The van der Waals surface area contributed by atoms with E-state index < -0.39 is 0 Å². The molecule has 1 heterocycles. The maximum atomic E-state index is 5.00. The SMILES string of the molecule is CCC1(S)CCCC1P1[C@@H](C)C[C@@H]1C. The highest BCUT2D eigenvalue weighted by Crippen LogP contribution is 2.68. The van der Waals surface area contributed by atoms with Gasteiger partial charge in [0.15, 0.2) is 0 Å². The predicted octanol–water partition coefficient (Wildman–Crippen LogP) is 4.28. The fraction of sp³-hybridized carbons (Fsp3) is 1.00. The average Bonchev–Trinajstić information content (AvgIpc) is 2.49. The fourth-order valence-electron chi connectivity index (χ4n) is 3.52.